The number of hydrogen-bond acceptors (Lipinski definition) is 4. The smallest absolute Gasteiger partial charge is 0.266 e. The number of hydrogen-bond donors (Lipinski definition) is 1. The first-order chi connectivity index (χ1) is 17.2. The van der Waals surface area contributed by atoms with Crippen molar-refractivity contribution in [2.24, 2.45) is 0 Å². The maximum Gasteiger partial charge on any atom is 0.266 e. The Morgan fingerprint density at radius 1 is 0.800 bits per heavy atom. The van der Waals surface area contributed by atoms with Gasteiger partial charge < -0.3 is 5.32 Å². The first-order valence-electron chi connectivity index (χ1n) is 11.3. The monoisotopic (exact) mass is 477 g/mol. The molecule has 1 N–H and O–H groups in total. The van der Waals surface area contributed by atoms with Gasteiger partial charge in [0.1, 0.15) is 0 Å². The van der Waals surface area contributed by atoms with Crippen LogP contribution in [0.4, 0.5) is 5.69 Å². The fourth-order valence-corrected chi connectivity index (χ4v) is 4.76. The van der Waals surface area contributed by atoms with Crippen LogP contribution in [0.15, 0.2) is 119 Å². The van der Waals surface area contributed by atoms with Crippen LogP contribution in [0, 0.1) is 0 Å². The molecule has 1 heterocycles. The summed E-state index contributed by atoms with van der Waals surface area (Å²) < 4.78 is 1.57. The van der Waals surface area contributed by atoms with E-state index in [0.29, 0.717) is 21.7 Å². The number of aromatic nitrogens is 2. The molecule has 0 atom stereocenters. The molecule has 0 aliphatic heterocycles. The molecule has 6 heteroatoms. The van der Waals surface area contributed by atoms with Gasteiger partial charge in [-0.15, -0.1) is 0 Å². The van der Waals surface area contributed by atoms with E-state index in [1.54, 1.807) is 10.6 Å². The van der Waals surface area contributed by atoms with E-state index in [1.807, 2.05) is 91.0 Å². The second-order valence-electron chi connectivity index (χ2n) is 8.04. The van der Waals surface area contributed by atoms with Crippen LogP contribution < -0.4 is 10.9 Å². The van der Waals surface area contributed by atoms with Gasteiger partial charge in [-0.3, -0.25) is 14.2 Å². The van der Waals surface area contributed by atoms with Gasteiger partial charge in [-0.2, -0.15) is 0 Å². The van der Waals surface area contributed by atoms with Gasteiger partial charge >= 0.3 is 0 Å². The Bertz CT molecular complexity index is 1530. The fraction of sp³-hybridized carbons (Fsp3) is 0.0690. The van der Waals surface area contributed by atoms with Crippen molar-refractivity contribution in [3.05, 3.63) is 131 Å². The summed E-state index contributed by atoms with van der Waals surface area (Å²) in [4.78, 5) is 31.0. The average molecular weight is 478 g/mol. The number of rotatable bonds is 7. The predicted octanol–water partition coefficient (Wildman–Crippen LogP) is 5.71. The van der Waals surface area contributed by atoms with Gasteiger partial charge in [0.05, 0.1) is 22.3 Å². The van der Waals surface area contributed by atoms with E-state index < -0.39 is 0 Å². The van der Waals surface area contributed by atoms with E-state index in [1.165, 1.54) is 17.3 Å². The zero-order valence-electron chi connectivity index (χ0n) is 18.9. The van der Waals surface area contributed by atoms with Gasteiger partial charge in [0.2, 0.25) is 5.91 Å². The van der Waals surface area contributed by atoms with E-state index in [4.69, 9.17) is 4.98 Å². The third kappa shape index (κ3) is 5.18. The largest absolute Gasteiger partial charge is 0.325 e. The number of fused-ring (bicyclic) bond motifs is 1. The molecule has 5 rings (SSSR count). The van der Waals surface area contributed by atoms with Crippen LogP contribution in [0.1, 0.15) is 11.1 Å². The highest BCUT2D eigenvalue weighted by molar-refractivity contribution is 7.99. The number of carbonyl (C=O) groups is 1. The Hall–Kier alpha value is -4.16. The molecule has 0 radical (unpaired) electrons. The number of thioether (sulfide) groups is 1. The second kappa shape index (κ2) is 10.4. The summed E-state index contributed by atoms with van der Waals surface area (Å²) >= 11 is 1.25. The zero-order valence-corrected chi connectivity index (χ0v) is 19.7. The fourth-order valence-electron chi connectivity index (χ4n) is 3.94. The molecule has 0 saturated heterocycles. The minimum atomic E-state index is -0.155. The van der Waals surface area contributed by atoms with Crippen LogP contribution in [-0.2, 0) is 11.2 Å². The molecule has 1 aromatic heterocycles. The summed E-state index contributed by atoms with van der Waals surface area (Å²) in [7, 11) is 0. The van der Waals surface area contributed by atoms with E-state index in [-0.39, 0.29) is 17.2 Å². The highest BCUT2D eigenvalue weighted by Gasteiger charge is 2.15. The molecule has 0 aliphatic carbocycles. The summed E-state index contributed by atoms with van der Waals surface area (Å²) in [6, 6.07) is 34.6. The Morgan fingerprint density at radius 3 is 2.26 bits per heavy atom. The molecular weight excluding hydrogens is 454 g/mol. The van der Waals surface area contributed by atoms with Crippen LogP contribution in [0.25, 0.3) is 16.6 Å². The molecule has 0 aliphatic rings. The van der Waals surface area contributed by atoms with Crippen molar-refractivity contribution < 1.29 is 4.79 Å². The Kier molecular flexibility index (Phi) is 6.73. The number of carbonyl (C=O) groups excluding carboxylic acids is 1. The second-order valence-corrected chi connectivity index (χ2v) is 8.99. The van der Waals surface area contributed by atoms with Crippen molar-refractivity contribution >= 4 is 34.3 Å². The highest BCUT2D eigenvalue weighted by atomic mass is 32.2. The van der Waals surface area contributed by atoms with Gasteiger partial charge in [0.15, 0.2) is 5.16 Å². The van der Waals surface area contributed by atoms with Crippen molar-refractivity contribution in [2.75, 3.05) is 11.1 Å². The first-order valence-corrected chi connectivity index (χ1v) is 12.3. The summed E-state index contributed by atoms with van der Waals surface area (Å²) in [5, 5.41) is 4.06. The van der Waals surface area contributed by atoms with Crippen LogP contribution >= 0.6 is 11.8 Å². The van der Waals surface area contributed by atoms with E-state index in [2.05, 4.69) is 17.4 Å². The van der Waals surface area contributed by atoms with Gasteiger partial charge in [0.25, 0.3) is 5.56 Å². The zero-order chi connectivity index (χ0) is 24.0. The van der Waals surface area contributed by atoms with E-state index in [0.717, 1.165) is 17.7 Å². The Morgan fingerprint density at radius 2 is 1.46 bits per heavy atom. The maximum absolute atomic E-state index is 13.3. The molecular formula is C29H23N3O2S. The van der Waals surface area contributed by atoms with Gasteiger partial charge in [-0.1, -0.05) is 90.6 Å². The molecule has 172 valence electrons. The third-order valence-electron chi connectivity index (χ3n) is 5.62. The van der Waals surface area contributed by atoms with Crippen molar-refractivity contribution in [2.45, 2.75) is 11.6 Å². The third-order valence-corrected chi connectivity index (χ3v) is 6.56. The van der Waals surface area contributed by atoms with Crippen LogP contribution in [-0.4, -0.2) is 21.2 Å². The SMILES string of the molecule is O=C(CSc1nc2ccccc2c(=O)n1-c1ccccc1)Nc1ccccc1Cc1ccccc1. The minimum absolute atomic E-state index is 0.122. The van der Waals surface area contributed by atoms with Crippen molar-refractivity contribution in [1.82, 2.24) is 9.55 Å². The summed E-state index contributed by atoms with van der Waals surface area (Å²) in [5.41, 5.74) is 4.18. The van der Waals surface area contributed by atoms with E-state index >= 15 is 0 Å². The summed E-state index contributed by atoms with van der Waals surface area (Å²) in [5.74, 6) is -0.0328. The number of para-hydroxylation sites is 3. The molecule has 0 fully saturated rings. The van der Waals surface area contributed by atoms with Crippen molar-refractivity contribution in [3.8, 4) is 5.69 Å². The highest BCUT2D eigenvalue weighted by Crippen LogP contribution is 2.23. The number of nitrogens with one attached hydrogen (secondary N) is 1. The summed E-state index contributed by atoms with van der Waals surface area (Å²) in [6.07, 6.45) is 0.726. The molecule has 5 aromatic rings. The lowest BCUT2D eigenvalue weighted by Crippen LogP contribution is -2.23. The van der Waals surface area contributed by atoms with Gasteiger partial charge in [-0.05, 0) is 47.9 Å². The van der Waals surface area contributed by atoms with Crippen LogP contribution in [0.5, 0.6) is 0 Å². The number of benzene rings is 4. The maximum atomic E-state index is 13.3. The lowest BCUT2D eigenvalue weighted by atomic mass is 10.0. The lowest BCUT2D eigenvalue weighted by molar-refractivity contribution is -0.113. The normalized spacial score (nSPS) is 10.9. The molecule has 35 heavy (non-hydrogen) atoms. The number of amides is 1. The number of nitrogens with zero attached hydrogens (tertiary/aromatic N) is 2. The molecule has 0 unspecified atom stereocenters. The lowest BCUT2D eigenvalue weighted by Gasteiger charge is -2.14. The molecule has 0 spiro atoms. The minimum Gasteiger partial charge on any atom is -0.325 e. The first kappa shape index (κ1) is 22.6. The standard InChI is InChI=1S/C29H23N3O2S/c33-27(30-25-17-9-7-13-22(25)19-21-11-3-1-4-12-21)20-35-29-31-26-18-10-8-16-24(26)28(34)32(29)23-14-5-2-6-15-23/h1-18H,19-20H2,(H,30,33). The van der Waals surface area contributed by atoms with Crippen molar-refractivity contribution in [1.29, 1.82) is 0 Å². The van der Waals surface area contributed by atoms with E-state index in [9.17, 15) is 9.59 Å². The summed E-state index contributed by atoms with van der Waals surface area (Å²) in [6.45, 7) is 0. The van der Waals surface area contributed by atoms with Gasteiger partial charge in [-0.25, -0.2) is 4.98 Å². The molecule has 0 saturated carbocycles. The Labute approximate surface area is 207 Å². The quantitative estimate of drug-likeness (QED) is 0.241. The molecule has 5 nitrogen and oxygen atoms in total. The number of anilines is 1. The average Bonchev–Trinajstić information content (AvgIpc) is 2.90. The Balaban J connectivity index is 1.39. The molecule has 0 bridgehead atoms. The van der Waals surface area contributed by atoms with Crippen molar-refractivity contribution in [3.63, 3.8) is 0 Å². The topological polar surface area (TPSA) is 64.0 Å². The predicted molar refractivity (Wildman–Crippen MR) is 142 cm³/mol. The van der Waals surface area contributed by atoms with Gasteiger partial charge in [0, 0.05) is 5.69 Å². The molecule has 4 aromatic carbocycles. The van der Waals surface area contributed by atoms with Crippen LogP contribution in [0.2, 0.25) is 0 Å². The van der Waals surface area contributed by atoms with Crippen LogP contribution in [0.3, 0.4) is 0 Å². The molecule has 1 amide bonds.